The van der Waals surface area contributed by atoms with Gasteiger partial charge in [0.2, 0.25) is 15.9 Å². The van der Waals surface area contributed by atoms with Gasteiger partial charge in [-0.15, -0.1) is 0 Å². The molecule has 0 aliphatic carbocycles. The lowest BCUT2D eigenvalue weighted by atomic mass is 10.2. The van der Waals surface area contributed by atoms with Crippen LogP contribution in [0.3, 0.4) is 0 Å². The topological polar surface area (TPSA) is 66.5 Å². The molecule has 5 nitrogen and oxygen atoms in total. The minimum Gasteiger partial charge on any atom is -0.323 e. The fourth-order valence-corrected chi connectivity index (χ4v) is 3.74. The van der Waals surface area contributed by atoms with Gasteiger partial charge in [-0.1, -0.05) is 47.5 Å². The number of halogens is 2. The zero-order valence-electron chi connectivity index (χ0n) is 13.0. The molecular formula is C16H16Cl2N2O3S. The van der Waals surface area contributed by atoms with Crippen molar-refractivity contribution >= 4 is 50.5 Å². The highest BCUT2D eigenvalue weighted by atomic mass is 35.5. The van der Waals surface area contributed by atoms with Crippen LogP contribution in [-0.4, -0.2) is 26.6 Å². The van der Waals surface area contributed by atoms with Gasteiger partial charge in [0.15, 0.2) is 0 Å². The second kappa shape index (κ2) is 7.42. The summed E-state index contributed by atoms with van der Waals surface area (Å²) in [4.78, 5) is 12.5. The molecule has 1 amide bonds. The zero-order chi connectivity index (χ0) is 17.9. The van der Waals surface area contributed by atoms with E-state index in [0.717, 1.165) is 10.6 Å². The smallest absolute Gasteiger partial charge is 0.248 e. The van der Waals surface area contributed by atoms with E-state index in [4.69, 9.17) is 23.2 Å². The number of hydrogen-bond donors (Lipinski definition) is 1. The molecule has 0 fully saturated rings. The number of nitrogens with zero attached hydrogens (tertiary/aromatic N) is 1. The van der Waals surface area contributed by atoms with Gasteiger partial charge in [-0.2, -0.15) is 0 Å². The predicted molar refractivity (Wildman–Crippen MR) is 98.3 cm³/mol. The van der Waals surface area contributed by atoms with Crippen LogP contribution in [0.15, 0.2) is 48.5 Å². The number of anilines is 2. The Morgan fingerprint density at radius 3 is 2.29 bits per heavy atom. The Hall–Kier alpha value is -1.76. The highest BCUT2D eigenvalue weighted by Gasteiger charge is 2.29. The van der Waals surface area contributed by atoms with Gasteiger partial charge in [0.25, 0.3) is 0 Å². The Labute approximate surface area is 151 Å². The summed E-state index contributed by atoms with van der Waals surface area (Å²) in [6.45, 7) is 1.50. The number of rotatable bonds is 5. The molecule has 0 saturated heterocycles. The molecule has 24 heavy (non-hydrogen) atoms. The maximum absolute atomic E-state index is 12.5. The minimum absolute atomic E-state index is 0.199. The van der Waals surface area contributed by atoms with Crippen LogP contribution in [-0.2, 0) is 14.8 Å². The standard InChI is InChI=1S/C16H16Cl2N2O3S/c1-11(16(21)19-14-10-6-9-13(17)15(14)18)20(24(2,22)23)12-7-4-3-5-8-12/h3-11H,1-2H3,(H,19,21)/t11-/m0/s1. The van der Waals surface area contributed by atoms with Crippen molar-refractivity contribution in [3.05, 3.63) is 58.6 Å². The van der Waals surface area contributed by atoms with Gasteiger partial charge in [0.05, 0.1) is 27.7 Å². The average Bonchev–Trinajstić information content (AvgIpc) is 2.51. The molecular weight excluding hydrogens is 371 g/mol. The molecule has 2 rings (SSSR count). The van der Waals surface area contributed by atoms with Crippen LogP contribution < -0.4 is 9.62 Å². The van der Waals surface area contributed by atoms with Gasteiger partial charge in [-0.25, -0.2) is 8.42 Å². The van der Waals surface area contributed by atoms with Crippen LogP contribution in [0.4, 0.5) is 11.4 Å². The predicted octanol–water partition coefficient (Wildman–Crippen LogP) is 3.79. The number of amides is 1. The first-order chi connectivity index (χ1) is 11.2. The number of hydrogen-bond acceptors (Lipinski definition) is 3. The summed E-state index contributed by atoms with van der Waals surface area (Å²) in [5, 5.41) is 3.11. The van der Waals surface area contributed by atoms with Crippen LogP contribution in [0, 0.1) is 0 Å². The first-order valence-corrected chi connectivity index (χ1v) is 9.61. The summed E-state index contributed by atoms with van der Waals surface area (Å²) >= 11 is 12.0. The maximum atomic E-state index is 12.5. The molecule has 0 aliphatic heterocycles. The molecule has 0 unspecified atom stereocenters. The summed E-state index contributed by atoms with van der Waals surface area (Å²) in [6, 6.07) is 12.3. The van der Waals surface area contributed by atoms with E-state index in [1.807, 2.05) is 0 Å². The summed E-state index contributed by atoms with van der Waals surface area (Å²) < 4.78 is 25.4. The largest absolute Gasteiger partial charge is 0.323 e. The van der Waals surface area contributed by atoms with Crippen LogP contribution in [0.1, 0.15) is 6.92 Å². The lowest BCUT2D eigenvalue weighted by Gasteiger charge is -2.28. The number of sulfonamides is 1. The molecule has 128 valence electrons. The van der Waals surface area contributed by atoms with Gasteiger partial charge in [-0.05, 0) is 31.2 Å². The molecule has 1 N–H and O–H groups in total. The highest BCUT2D eigenvalue weighted by molar-refractivity contribution is 7.92. The van der Waals surface area contributed by atoms with Crippen molar-refractivity contribution in [2.75, 3.05) is 15.9 Å². The molecule has 0 aliphatic rings. The average molecular weight is 387 g/mol. The van der Waals surface area contributed by atoms with E-state index in [-0.39, 0.29) is 5.02 Å². The number of carbonyl (C=O) groups is 1. The van der Waals surface area contributed by atoms with E-state index in [9.17, 15) is 13.2 Å². The zero-order valence-corrected chi connectivity index (χ0v) is 15.4. The van der Waals surface area contributed by atoms with Gasteiger partial charge >= 0.3 is 0 Å². The molecule has 0 bridgehead atoms. The van der Waals surface area contributed by atoms with Gasteiger partial charge in [-0.3, -0.25) is 9.10 Å². The number of benzene rings is 2. The monoisotopic (exact) mass is 386 g/mol. The second-order valence-electron chi connectivity index (χ2n) is 5.16. The summed E-state index contributed by atoms with van der Waals surface area (Å²) in [5.74, 6) is -0.520. The molecule has 0 saturated carbocycles. The third-order valence-electron chi connectivity index (χ3n) is 3.31. The molecule has 2 aromatic rings. The van der Waals surface area contributed by atoms with E-state index in [1.165, 1.54) is 6.92 Å². The summed E-state index contributed by atoms with van der Waals surface area (Å²) in [7, 11) is -3.66. The Morgan fingerprint density at radius 2 is 1.71 bits per heavy atom. The fraction of sp³-hybridized carbons (Fsp3) is 0.188. The Kier molecular flexibility index (Phi) is 5.74. The highest BCUT2D eigenvalue weighted by Crippen LogP contribution is 2.30. The molecule has 0 radical (unpaired) electrons. The summed E-state index contributed by atoms with van der Waals surface area (Å²) in [6.07, 6.45) is 1.05. The van der Waals surface area contributed by atoms with E-state index in [1.54, 1.807) is 48.5 Å². The molecule has 2 aromatic carbocycles. The molecule has 0 heterocycles. The normalized spacial score (nSPS) is 12.5. The number of para-hydroxylation sites is 1. The number of carbonyl (C=O) groups excluding carboxylic acids is 1. The Morgan fingerprint density at radius 1 is 1.08 bits per heavy atom. The lowest BCUT2D eigenvalue weighted by Crippen LogP contribution is -2.45. The SMILES string of the molecule is C[C@@H](C(=O)Nc1cccc(Cl)c1Cl)N(c1ccccc1)S(C)(=O)=O. The van der Waals surface area contributed by atoms with Crippen molar-refractivity contribution in [1.29, 1.82) is 0 Å². The third kappa shape index (κ3) is 4.20. The Balaban J connectivity index is 2.31. The Bertz CT molecular complexity index is 842. The molecule has 0 spiro atoms. The number of nitrogens with one attached hydrogen (secondary N) is 1. The maximum Gasteiger partial charge on any atom is 0.248 e. The molecule has 1 atom stereocenters. The van der Waals surface area contributed by atoms with Crippen molar-refractivity contribution in [2.45, 2.75) is 13.0 Å². The van der Waals surface area contributed by atoms with E-state index in [0.29, 0.717) is 16.4 Å². The molecule has 0 aromatic heterocycles. The lowest BCUT2D eigenvalue weighted by molar-refractivity contribution is -0.116. The quantitative estimate of drug-likeness (QED) is 0.849. The van der Waals surface area contributed by atoms with Crippen LogP contribution >= 0.6 is 23.2 Å². The van der Waals surface area contributed by atoms with Gasteiger partial charge < -0.3 is 5.32 Å². The summed E-state index contributed by atoms with van der Waals surface area (Å²) in [5.41, 5.74) is 0.724. The van der Waals surface area contributed by atoms with E-state index >= 15 is 0 Å². The van der Waals surface area contributed by atoms with Crippen molar-refractivity contribution in [1.82, 2.24) is 0 Å². The fourth-order valence-electron chi connectivity index (χ4n) is 2.22. The van der Waals surface area contributed by atoms with E-state index in [2.05, 4.69) is 5.32 Å². The third-order valence-corrected chi connectivity index (χ3v) is 5.37. The first-order valence-electron chi connectivity index (χ1n) is 7.01. The van der Waals surface area contributed by atoms with Crippen LogP contribution in [0.2, 0.25) is 10.0 Å². The first kappa shape index (κ1) is 18.6. The van der Waals surface area contributed by atoms with Crippen molar-refractivity contribution in [2.24, 2.45) is 0 Å². The molecule has 8 heteroatoms. The van der Waals surface area contributed by atoms with Crippen molar-refractivity contribution < 1.29 is 13.2 Å². The van der Waals surface area contributed by atoms with Crippen LogP contribution in [0.5, 0.6) is 0 Å². The van der Waals surface area contributed by atoms with E-state index < -0.39 is 22.0 Å². The van der Waals surface area contributed by atoms with Crippen LogP contribution in [0.25, 0.3) is 0 Å². The van der Waals surface area contributed by atoms with Crippen molar-refractivity contribution in [3.8, 4) is 0 Å². The van der Waals surface area contributed by atoms with Gasteiger partial charge in [0, 0.05) is 0 Å². The van der Waals surface area contributed by atoms with Crippen molar-refractivity contribution in [3.63, 3.8) is 0 Å². The van der Waals surface area contributed by atoms with Gasteiger partial charge in [0.1, 0.15) is 6.04 Å². The second-order valence-corrected chi connectivity index (χ2v) is 7.81. The minimum atomic E-state index is -3.66.